The molecule has 0 fully saturated rings. The number of aromatic nitrogens is 3. The molecule has 130 valence electrons. The molecule has 0 bridgehead atoms. The van der Waals surface area contributed by atoms with Crippen LogP contribution in [-0.2, 0) is 10.8 Å². The van der Waals surface area contributed by atoms with Gasteiger partial charge >= 0.3 is 0 Å². The van der Waals surface area contributed by atoms with Crippen LogP contribution in [0.3, 0.4) is 0 Å². The van der Waals surface area contributed by atoms with E-state index in [0.717, 1.165) is 27.9 Å². The Balaban J connectivity index is 1.83. The molecule has 2 heterocycles. The van der Waals surface area contributed by atoms with Crippen molar-refractivity contribution in [3.05, 3.63) is 66.4 Å². The molecule has 0 aliphatic rings. The lowest BCUT2D eigenvalue weighted by Gasteiger charge is -2.11. The first kappa shape index (κ1) is 16.5. The first-order chi connectivity index (χ1) is 12.7. The van der Waals surface area contributed by atoms with E-state index in [2.05, 4.69) is 15.0 Å². The fourth-order valence-corrected chi connectivity index (χ4v) is 4.18. The van der Waals surface area contributed by atoms with E-state index in [1.54, 1.807) is 13.3 Å². The van der Waals surface area contributed by atoms with Crippen molar-refractivity contribution >= 4 is 21.8 Å². The monoisotopic (exact) mass is 363 g/mol. The molecule has 2 aromatic carbocycles. The molecule has 0 amide bonds. The van der Waals surface area contributed by atoms with E-state index in [-0.39, 0.29) is 0 Å². The van der Waals surface area contributed by atoms with Gasteiger partial charge in [0.2, 0.25) is 5.16 Å². The number of hydrogen-bond acceptors (Lipinski definition) is 4. The molecule has 26 heavy (non-hydrogen) atoms. The van der Waals surface area contributed by atoms with Crippen molar-refractivity contribution in [3.8, 4) is 17.0 Å². The molecule has 4 aromatic rings. The van der Waals surface area contributed by atoms with E-state index in [4.69, 9.17) is 4.74 Å². The van der Waals surface area contributed by atoms with Gasteiger partial charge in [0.15, 0.2) is 0 Å². The predicted octanol–water partition coefficient (Wildman–Crippen LogP) is 4.11. The number of H-pyrrole nitrogens is 1. The van der Waals surface area contributed by atoms with E-state index < -0.39 is 10.8 Å². The Morgan fingerprint density at radius 1 is 1.04 bits per heavy atom. The van der Waals surface area contributed by atoms with Crippen molar-refractivity contribution in [1.29, 1.82) is 0 Å². The number of pyridine rings is 1. The summed E-state index contributed by atoms with van der Waals surface area (Å²) >= 11 is 0. The normalized spacial score (nSPS) is 12.2. The number of rotatable bonds is 4. The highest BCUT2D eigenvalue weighted by molar-refractivity contribution is 7.85. The lowest BCUT2D eigenvalue weighted by Crippen LogP contribution is -2.01. The largest absolute Gasteiger partial charge is 0.495 e. The third-order valence-corrected chi connectivity index (χ3v) is 5.65. The number of nitrogens with zero attached hydrogens (tertiary/aromatic N) is 2. The number of ether oxygens (including phenoxy) is 1. The second-order valence-corrected chi connectivity index (χ2v) is 7.20. The van der Waals surface area contributed by atoms with Crippen LogP contribution < -0.4 is 4.74 Å². The molecule has 0 saturated heterocycles. The minimum Gasteiger partial charge on any atom is -0.495 e. The van der Waals surface area contributed by atoms with Gasteiger partial charge in [-0.1, -0.05) is 30.3 Å². The summed E-state index contributed by atoms with van der Waals surface area (Å²) in [7, 11) is 0.154. The number of nitrogens with one attached hydrogen (secondary N) is 1. The van der Waals surface area contributed by atoms with Crippen LogP contribution in [0.15, 0.2) is 70.8 Å². The van der Waals surface area contributed by atoms with Gasteiger partial charge in [0.25, 0.3) is 0 Å². The SMILES string of the molecule is COc1ccc(-c2cccc(C)c2S(=O)c2nc3ccccc3[nH]2)nc1. The van der Waals surface area contributed by atoms with Crippen LogP contribution in [0, 0.1) is 6.92 Å². The second kappa shape index (κ2) is 6.72. The van der Waals surface area contributed by atoms with Gasteiger partial charge in [0.05, 0.1) is 34.9 Å². The number of methoxy groups -OCH3 is 1. The average molecular weight is 363 g/mol. The summed E-state index contributed by atoms with van der Waals surface area (Å²) in [6.45, 7) is 1.95. The van der Waals surface area contributed by atoms with Crippen LogP contribution in [0.5, 0.6) is 5.75 Å². The molecule has 1 unspecified atom stereocenters. The Labute approximate surface area is 153 Å². The molecule has 0 radical (unpaired) electrons. The maximum atomic E-state index is 13.3. The molecule has 0 spiro atoms. The van der Waals surface area contributed by atoms with Crippen molar-refractivity contribution in [2.45, 2.75) is 17.0 Å². The summed E-state index contributed by atoms with van der Waals surface area (Å²) in [5.41, 5.74) is 4.17. The summed E-state index contributed by atoms with van der Waals surface area (Å²) < 4.78 is 18.5. The topological polar surface area (TPSA) is 67.9 Å². The third-order valence-electron chi connectivity index (χ3n) is 4.19. The van der Waals surface area contributed by atoms with Gasteiger partial charge in [-0.25, -0.2) is 9.19 Å². The minimum absolute atomic E-state index is 0.440. The number of aromatic amines is 1. The Morgan fingerprint density at radius 2 is 1.88 bits per heavy atom. The summed E-state index contributed by atoms with van der Waals surface area (Å²) in [4.78, 5) is 12.8. The highest BCUT2D eigenvalue weighted by Gasteiger charge is 2.19. The van der Waals surface area contributed by atoms with Crippen LogP contribution in [0.25, 0.3) is 22.3 Å². The van der Waals surface area contributed by atoms with Crippen LogP contribution in [-0.4, -0.2) is 26.3 Å². The van der Waals surface area contributed by atoms with Crippen LogP contribution in [0.1, 0.15) is 5.56 Å². The Morgan fingerprint density at radius 3 is 2.62 bits per heavy atom. The van der Waals surface area contributed by atoms with Gasteiger partial charge in [0.1, 0.15) is 16.5 Å². The van der Waals surface area contributed by atoms with Gasteiger partial charge in [-0.3, -0.25) is 4.98 Å². The summed E-state index contributed by atoms with van der Waals surface area (Å²) in [6, 6.07) is 17.2. The molecule has 2 aromatic heterocycles. The van der Waals surface area contributed by atoms with Crippen LogP contribution >= 0.6 is 0 Å². The molecule has 5 nitrogen and oxygen atoms in total. The molecular formula is C20H17N3O2S. The number of aryl methyl sites for hydroxylation is 1. The van der Waals surface area contributed by atoms with E-state index in [0.29, 0.717) is 15.8 Å². The zero-order chi connectivity index (χ0) is 18.1. The molecule has 0 aliphatic heterocycles. The predicted molar refractivity (Wildman–Crippen MR) is 102 cm³/mol. The smallest absolute Gasteiger partial charge is 0.202 e. The molecule has 4 rings (SSSR count). The number of para-hydroxylation sites is 2. The molecule has 0 saturated carbocycles. The molecule has 1 N–H and O–H groups in total. The van der Waals surface area contributed by atoms with Gasteiger partial charge in [-0.15, -0.1) is 0 Å². The first-order valence-corrected chi connectivity index (χ1v) is 9.29. The Bertz CT molecular complexity index is 1070. The average Bonchev–Trinajstić information content (AvgIpc) is 3.11. The lowest BCUT2D eigenvalue weighted by atomic mass is 10.1. The van der Waals surface area contributed by atoms with Gasteiger partial charge in [0, 0.05) is 5.56 Å². The first-order valence-electron chi connectivity index (χ1n) is 8.14. The van der Waals surface area contributed by atoms with E-state index in [9.17, 15) is 4.21 Å². The maximum absolute atomic E-state index is 13.3. The zero-order valence-corrected chi connectivity index (χ0v) is 15.2. The highest BCUT2D eigenvalue weighted by Crippen LogP contribution is 2.31. The van der Waals surface area contributed by atoms with Crippen molar-refractivity contribution in [3.63, 3.8) is 0 Å². The van der Waals surface area contributed by atoms with Crippen LogP contribution in [0.2, 0.25) is 0 Å². The minimum atomic E-state index is -1.45. The van der Waals surface area contributed by atoms with Crippen molar-refractivity contribution in [2.75, 3.05) is 7.11 Å². The van der Waals surface area contributed by atoms with E-state index in [1.807, 2.05) is 61.5 Å². The van der Waals surface area contributed by atoms with E-state index >= 15 is 0 Å². The van der Waals surface area contributed by atoms with Gasteiger partial charge < -0.3 is 9.72 Å². The number of benzene rings is 2. The molecular weight excluding hydrogens is 346 g/mol. The zero-order valence-electron chi connectivity index (χ0n) is 14.4. The highest BCUT2D eigenvalue weighted by atomic mass is 32.2. The van der Waals surface area contributed by atoms with Crippen molar-refractivity contribution < 1.29 is 8.95 Å². The number of fused-ring (bicyclic) bond motifs is 1. The lowest BCUT2D eigenvalue weighted by molar-refractivity contribution is 0.413. The van der Waals surface area contributed by atoms with Crippen LogP contribution in [0.4, 0.5) is 0 Å². The fourth-order valence-electron chi connectivity index (χ4n) is 2.87. The standard InChI is InChI=1S/C20H17N3O2S/c1-13-6-5-7-15(16-11-10-14(25-2)12-21-16)19(13)26(24)20-22-17-8-3-4-9-18(17)23-20/h3-12H,1-2H3,(H,22,23). The Kier molecular flexibility index (Phi) is 4.26. The van der Waals surface area contributed by atoms with Crippen molar-refractivity contribution in [1.82, 2.24) is 15.0 Å². The fraction of sp³-hybridized carbons (Fsp3) is 0.100. The second-order valence-electron chi connectivity index (χ2n) is 5.86. The summed E-state index contributed by atoms with van der Waals surface area (Å²) in [6.07, 6.45) is 1.66. The Hall–Kier alpha value is -2.99. The van der Waals surface area contributed by atoms with Gasteiger partial charge in [-0.2, -0.15) is 0 Å². The summed E-state index contributed by atoms with van der Waals surface area (Å²) in [5, 5.41) is 0.440. The van der Waals surface area contributed by atoms with Gasteiger partial charge in [-0.05, 0) is 36.8 Å². The van der Waals surface area contributed by atoms with Crippen molar-refractivity contribution in [2.24, 2.45) is 0 Å². The number of imidazole rings is 1. The molecule has 0 aliphatic carbocycles. The summed E-state index contributed by atoms with van der Waals surface area (Å²) in [5.74, 6) is 0.682. The third kappa shape index (κ3) is 2.88. The number of hydrogen-bond donors (Lipinski definition) is 1. The molecule has 1 atom stereocenters. The quantitative estimate of drug-likeness (QED) is 0.592. The maximum Gasteiger partial charge on any atom is 0.202 e. The van der Waals surface area contributed by atoms with E-state index in [1.165, 1.54) is 0 Å². The molecule has 6 heteroatoms.